The van der Waals surface area contributed by atoms with Crippen LogP contribution in [0.25, 0.3) is 5.69 Å². The molecule has 0 spiro atoms. The number of piperazine rings is 1. The summed E-state index contributed by atoms with van der Waals surface area (Å²) in [6.07, 6.45) is 1.70. The van der Waals surface area contributed by atoms with E-state index in [0.29, 0.717) is 65.3 Å². The molecule has 1 aromatic heterocycles. The number of hydrogen-bond acceptors (Lipinski definition) is 5. The molecule has 3 aromatic carbocycles. The molecule has 1 atom stereocenters. The van der Waals surface area contributed by atoms with Gasteiger partial charge < -0.3 is 9.80 Å². The molecular formula is C31H30Cl3N5O2S. The van der Waals surface area contributed by atoms with Crippen LogP contribution in [0, 0.1) is 0 Å². The lowest BCUT2D eigenvalue weighted by molar-refractivity contribution is -0.133. The maximum Gasteiger partial charge on any atom is 0.255 e. The van der Waals surface area contributed by atoms with Gasteiger partial charge in [-0.2, -0.15) is 0 Å². The lowest BCUT2D eigenvalue weighted by Gasteiger charge is -2.40. The number of thioether (sulfide) groups is 1. The number of aromatic nitrogens is 3. The zero-order chi connectivity index (χ0) is 29.6. The van der Waals surface area contributed by atoms with Gasteiger partial charge in [-0.3, -0.25) is 14.2 Å². The van der Waals surface area contributed by atoms with Crippen molar-refractivity contribution in [3.05, 3.63) is 105 Å². The third kappa shape index (κ3) is 7.11. The van der Waals surface area contributed by atoms with Crippen molar-refractivity contribution in [1.82, 2.24) is 24.6 Å². The van der Waals surface area contributed by atoms with E-state index in [1.165, 1.54) is 0 Å². The predicted molar refractivity (Wildman–Crippen MR) is 169 cm³/mol. The number of rotatable bonds is 9. The normalized spacial score (nSPS) is 15.2. The quantitative estimate of drug-likeness (QED) is 0.144. The van der Waals surface area contributed by atoms with Gasteiger partial charge in [-0.05, 0) is 49.2 Å². The maximum absolute atomic E-state index is 13.1. The first kappa shape index (κ1) is 30.4. The molecule has 1 fully saturated rings. The molecule has 0 saturated carbocycles. The van der Waals surface area contributed by atoms with Gasteiger partial charge in [-0.25, -0.2) is 0 Å². The first-order valence-electron chi connectivity index (χ1n) is 13.7. The molecule has 2 amide bonds. The minimum atomic E-state index is -0.103. The Morgan fingerprint density at radius 1 is 0.905 bits per heavy atom. The molecule has 0 unspecified atom stereocenters. The van der Waals surface area contributed by atoms with Crippen LogP contribution in [0.3, 0.4) is 0 Å². The molecule has 0 aliphatic carbocycles. The molecule has 1 aliphatic heterocycles. The predicted octanol–water partition coefficient (Wildman–Crippen LogP) is 7.06. The van der Waals surface area contributed by atoms with Gasteiger partial charge in [0.25, 0.3) is 5.91 Å². The van der Waals surface area contributed by atoms with Crippen LogP contribution in [0.4, 0.5) is 0 Å². The summed E-state index contributed by atoms with van der Waals surface area (Å²) in [5, 5.41) is 11.1. The summed E-state index contributed by atoms with van der Waals surface area (Å²) in [7, 11) is 0. The summed E-state index contributed by atoms with van der Waals surface area (Å²) in [4.78, 5) is 29.7. The number of halogens is 3. The zero-order valence-electron chi connectivity index (χ0n) is 23.1. The highest BCUT2D eigenvalue weighted by atomic mass is 35.5. The van der Waals surface area contributed by atoms with Gasteiger partial charge in [0, 0.05) is 44.3 Å². The summed E-state index contributed by atoms with van der Waals surface area (Å²) < 4.78 is 2.00. The topological polar surface area (TPSA) is 71.3 Å². The van der Waals surface area contributed by atoms with Crippen molar-refractivity contribution in [1.29, 1.82) is 0 Å². The first-order valence-corrected chi connectivity index (χ1v) is 15.8. The summed E-state index contributed by atoms with van der Waals surface area (Å²) in [6, 6.07) is 22.5. The molecule has 4 aromatic rings. The van der Waals surface area contributed by atoms with Gasteiger partial charge in [-0.1, -0.05) is 89.0 Å². The van der Waals surface area contributed by atoms with E-state index in [9.17, 15) is 9.59 Å². The molecule has 1 saturated heterocycles. The largest absolute Gasteiger partial charge is 0.339 e. The van der Waals surface area contributed by atoms with Crippen LogP contribution in [-0.4, -0.2) is 67.8 Å². The summed E-state index contributed by atoms with van der Waals surface area (Å²) >= 11 is 20.3. The van der Waals surface area contributed by atoms with Crippen molar-refractivity contribution in [2.24, 2.45) is 0 Å². The Morgan fingerprint density at radius 2 is 1.67 bits per heavy atom. The average molecular weight is 643 g/mol. The number of nitrogens with zero attached hydrogens (tertiary/aromatic N) is 5. The Morgan fingerprint density at radius 3 is 2.40 bits per heavy atom. The van der Waals surface area contributed by atoms with E-state index in [0.717, 1.165) is 22.2 Å². The lowest BCUT2D eigenvalue weighted by Crippen LogP contribution is -2.55. The fourth-order valence-corrected chi connectivity index (χ4v) is 6.41. The summed E-state index contributed by atoms with van der Waals surface area (Å²) in [5.74, 6) is 1.46. The number of hydrogen-bond donors (Lipinski definition) is 0. The molecule has 11 heteroatoms. The highest BCUT2D eigenvalue weighted by Crippen LogP contribution is 2.29. The van der Waals surface area contributed by atoms with Crippen molar-refractivity contribution in [3.63, 3.8) is 0 Å². The van der Waals surface area contributed by atoms with Crippen LogP contribution in [0.2, 0.25) is 15.1 Å². The molecule has 42 heavy (non-hydrogen) atoms. The van der Waals surface area contributed by atoms with Crippen molar-refractivity contribution in [3.8, 4) is 5.69 Å². The van der Waals surface area contributed by atoms with Crippen molar-refractivity contribution >= 4 is 58.4 Å². The van der Waals surface area contributed by atoms with Crippen LogP contribution in [0.15, 0.2) is 78.0 Å². The van der Waals surface area contributed by atoms with E-state index in [1.807, 2.05) is 46.7 Å². The second-order valence-corrected chi connectivity index (χ2v) is 12.4. The van der Waals surface area contributed by atoms with Crippen molar-refractivity contribution in [2.75, 3.05) is 25.4 Å². The molecule has 1 aliphatic rings. The number of benzene rings is 3. The molecule has 7 nitrogen and oxygen atoms in total. The van der Waals surface area contributed by atoms with Gasteiger partial charge >= 0.3 is 0 Å². The van der Waals surface area contributed by atoms with E-state index in [4.69, 9.17) is 34.8 Å². The number of carbonyl (C=O) groups excluding carboxylic acids is 2. The number of carbonyl (C=O) groups is 2. The van der Waals surface area contributed by atoms with Crippen LogP contribution in [0.1, 0.15) is 41.5 Å². The standard InChI is InChI=1S/C31H30Cl3N5O2S/c1-21-20-37(15-16-38(21)30(41)24-10-5-6-11-25(24)32)29(40)12-7-17-42-31-36-35-28(18-22-8-3-2-4-9-22)39(31)23-13-14-26(33)27(34)19-23/h2-6,8-11,13-14,19,21H,7,12,15-18,20H2,1H3/t21-/m0/s1. The van der Waals surface area contributed by atoms with Gasteiger partial charge in [0.2, 0.25) is 5.91 Å². The minimum absolute atomic E-state index is 0.0861. The SMILES string of the molecule is C[C@H]1CN(C(=O)CCCSc2nnc(Cc3ccccc3)n2-c2ccc(Cl)c(Cl)c2)CCN1C(=O)c1ccccc1Cl. The Kier molecular flexibility index (Phi) is 10.1. The molecule has 5 rings (SSSR count). The third-order valence-corrected chi connectivity index (χ3v) is 9.26. The van der Waals surface area contributed by atoms with E-state index in [1.54, 1.807) is 47.0 Å². The molecule has 218 valence electrons. The maximum atomic E-state index is 13.1. The monoisotopic (exact) mass is 641 g/mol. The first-order chi connectivity index (χ1) is 20.3. The highest BCUT2D eigenvalue weighted by Gasteiger charge is 2.30. The van der Waals surface area contributed by atoms with Crippen LogP contribution >= 0.6 is 46.6 Å². The van der Waals surface area contributed by atoms with E-state index in [-0.39, 0.29) is 17.9 Å². The zero-order valence-corrected chi connectivity index (χ0v) is 26.1. The second kappa shape index (κ2) is 14.0. The molecule has 0 radical (unpaired) electrons. The third-order valence-electron chi connectivity index (χ3n) is 7.18. The van der Waals surface area contributed by atoms with E-state index >= 15 is 0 Å². The van der Waals surface area contributed by atoms with Crippen LogP contribution in [-0.2, 0) is 11.2 Å². The van der Waals surface area contributed by atoms with Gasteiger partial charge in [0.1, 0.15) is 5.82 Å². The van der Waals surface area contributed by atoms with Crippen LogP contribution < -0.4 is 0 Å². The second-order valence-electron chi connectivity index (χ2n) is 10.1. The highest BCUT2D eigenvalue weighted by molar-refractivity contribution is 7.99. The smallest absolute Gasteiger partial charge is 0.255 e. The Labute approximate surface area is 264 Å². The fourth-order valence-electron chi connectivity index (χ4n) is 4.99. The number of amides is 2. The minimum Gasteiger partial charge on any atom is -0.339 e. The lowest BCUT2D eigenvalue weighted by atomic mass is 10.1. The molecular weight excluding hydrogens is 613 g/mol. The van der Waals surface area contributed by atoms with Crippen molar-refractivity contribution < 1.29 is 9.59 Å². The van der Waals surface area contributed by atoms with Gasteiger partial charge in [0.05, 0.1) is 26.3 Å². The molecule has 2 heterocycles. The van der Waals surface area contributed by atoms with E-state index in [2.05, 4.69) is 22.3 Å². The fraction of sp³-hybridized carbons (Fsp3) is 0.290. The molecule has 0 bridgehead atoms. The van der Waals surface area contributed by atoms with Crippen molar-refractivity contribution in [2.45, 2.75) is 37.4 Å². The molecule has 0 N–H and O–H groups in total. The Hall–Kier alpha value is -3.04. The van der Waals surface area contributed by atoms with Crippen LogP contribution in [0.5, 0.6) is 0 Å². The Balaban J connectivity index is 1.18. The summed E-state index contributed by atoms with van der Waals surface area (Å²) in [5.41, 5.74) is 2.44. The Bertz CT molecular complexity index is 1570. The summed E-state index contributed by atoms with van der Waals surface area (Å²) in [6.45, 7) is 3.44. The van der Waals surface area contributed by atoms with E-state index < -0.39 is 0 Å². The van der Waals surface area contributed by atoms with Gasteiger partial charge in [0.15, 0.2) is 5.16 Å². The average Bonchev–Trinajstić information content (AvgIpc) is 3.39. The van der Waals surface area contributed by atoms with Gasteiger partial charge in [-0.15, -0.1) is 10.2 Å².